The summed E-state index contributed by atoms with van der Waals surface area (Å²) >= 11 is 7.74. The highest BCUT2D eigenvalue weighted by molar-refractivity contribution is 7.98. The molecule has 0 spiro atoms. The fraction of sp³-hybridized carbons (Fsp3) is 0.160. The molecule has 1 N–H and O–H groups in total. The molecule has 2 heterocycles. The molecular formula is C25H21ClN4O3S. The summed E-state index contributed by atoms with van der Waals surface area (Å²) in [6, 6.07) is 21.1. The van der Waals surface area contributed by atoms with E-state index in [2.05, 4.69) is 15.5 Å². The Morgan fingerprint density at radius 1 is 1.00 bits per heavy atom. The van der Waals surface area contributed by atoms with E-state index in [1.807, 2.05) is 66.7 Å². The zero-order valence-corrected chi connectivity index (χ0v) is 20.1. The summed E-state index contributed by atoms with van der Waals surface area (Å²) in [6.45, 7) is 0. The van der Waals surface area contributed by atoms with Gasteiger partial charge in [-0.15, -0.1) is 10.2 Å². The summed E-state index contributed by atoms with van der Waals surface area (Å²) < 4.78 is 17.3. The second-order valence-corrected chi connectivity index (χ2v) is 8.77. The molecule has 0 radical (unpaired) electrons. The number of hydrogen-bond acceptors (Lipinski definition) is 8. The lowest BCUT2D eigenvalue weighted by molar-refractivity contribution is 0.219. The molecule has 5 rings (SSSR count). The Kier molecular flexibility index (Phi) is 6.42. The lowest BCUT2D eigenvalue weighted by Crippen LogP contribution is -2.18. The van der Waals surface area contributed by atoms with Crippen molar-refractivity contribution in [2.45, 2.75) is 17.1 Å². The maximum absolute atomic E-state index is 6.37. The molecule has 7 nitrogen and oxygen atoms in total. The van der Waals surface area contributed by atoms with Gasteiger partial charge in [-0.2, -0.15) is 4.98 Å². The quantitative estimate of drug-likeness (QED) is 0.328. The minimum absolute atomic E-state index is 0.386. The van der Waals surface area contributed by atoms with Crippen LogP contribution in [-0.4, -0.2) is 29.4 Å². The Bertz CT molecular complexity index is 1340. The van der Waals surface area contributed by atoms with Gasteiger partial charge in [0.25, 0.3) is 0 Å². The van der Waals surface area contributed by atoms with Crippen molar-refractivity contribution in [1.29, 1.82) is 0 Å². The molecule has 0 amide bonds. The van der Waals surface area contributed by atoms with Crippen molar-refractivity contribution in [3.05, 3.63) is 82.9 Å². The van der Waals surface area contributed by atoms with Gasteiger partial charge in [-0.25, -0.2) is 0 Å². The standard InChI is InChI=1S/C25H21ClN4O3S/c1-31-16-11-12-18(21(13-16)32-2)23-27-20-10-6-4-8-17(20)22-24(33-23)28-25(30-29-22)34-14-15-7-3-5-9-19(15)26/h3-13,23,27H,14H2,1-2H3/t23-/m1/s1. The van der Waals surface area contributed by atoms with Gasteiger partial charge in [0, 0.05) is 28.1 Å². The highest BCUT2D eigenvalue weighted by Gasteiger charge is 2.28. The van der Waals surface area contributed by atoms with Crippen molar-refractivity contribution in [2.24, 2.45) is 0 Å². The third-order valence-electron chi connectivity index (χ3n) is 5.37. The van der Waals surface area contributed by atoms with Crippen LogP contribution in [0.25, 0.3) is 11.3 Å². The van der Waals surface area contributed by atoms with E-state index in [-0.39, 0.29) is 0 Å². The number of anilines is 1. The largest absolute Gasteiger partial charge is 0.497 e. The van der Waals surface area contributed by atoms with Crippen LogP contribution in [-0.2, 0) is 5.75 Å². The Balaban J connectivity index is 1.51. The number of benzene rings is 3. The number of nitrogens with one attached hydrogen (secondary N) is 1. The molecule has 0 saturated carbocycles. The number of rotatable bonds is 6. The van der Waals surface area contributed by atoms with Crippen LogP contribution in [0, 0.1) is 0 Å². The zero-order valence-electron chi connectivity index (χ0n) is 18.5. The summed E-state index contributed by atoms with van der Waals surface area (Å²) in [5.74, 6) is 2.33. The average Bonchev–Trinajstić information content (AvgIpc) is 3.04. The molecule has 1 aromatic heterocycles. The van der Waals surface area contributed by atoms with Crippen LogP contribution in [0.5, 0.6) is 17.4 Å². The van der Waals surface area contributed by atoms with Gasteiger partial charge in [0.05, 0.1) is 19.8 Å². The first-order valence-electron chi connectivity index (χ1n) is 10.5. The molecule has 0 fully saturated rings. The van der Waals surface area contributed by atoms with E-state index in [0.717, 1.165) is 22.4 Å². The van der Waals surface area contributed by atoms with Gasteiger partial charge in [-0.3, -0.25) is 0 Å². The van der Waals surface area contributed by atoms with Crippen molar-refractivity contribution in [3.8, 4) is 28.6 Å². The maximum Gasteiger partial charge on any atom is 0.247 e. The van der Waals surface area contributed by atoms with Crippen LogP contribution < -0.4 is 19.5 Å². The third kappa shape index (κ3) is 4.47. The summed E-state index contributed by atoms with van der Waals surface area (Å²) in [5, 5.41) is 13.5. The number of para-hydroxylation sites is 1. The van der Waals surface area contributed by atoms with E-state index in [1.54, 1.807) is 14.2 Å². The number of methoxy groups -OCH3 is 2. The molecule has 0 aliphatic carbocycles. The van der Waals surface area contributed by atoms with Crippen LogP contribution in [0.1, 0.15) is 17.4 Å². The SMILES string of the molecule is COc1ccc([C@@H]2Nc3ccccc3-c3nnc(SCc4ccccc4Cl)nc3O2)c(OC)c1. The molecule has 34 heavy (non-hydrogen) atoms. The first-order chi connectivity index (χ1) is 16.7. The van der Waals surface area contributed by atoms with Gasteiger partial charge in [-0.05, 0) is 29.8 Å². The van der Waals surface area contributed by atoms with Crippen LogP contribution in [0.2, 0.25) is 5.02 Å². The summed E-state index contributed by atoms with van der Waals surface area (Å²) in [7, 11) is 3.23. The molecule has 1 aliphatic heterocycles. The molecule has 1 atom stereocenters. The number of halogens is 1. The Morgan fingerprint density at radius 3 is 2.65 bits per heavy atom. The van der Waals surface area contributed by atoms with E-state index >= 15 is 0 Å². The smallest absolute Gasteiger partial charge is 0.247 e. The molecule has 1 aliphatic rings. The molecular weight excluding hydrogens is 472 g/mol. The van der Waals surface area contributed by atoms with Crippen LogP contribution in [0.15, 0.2) is 71.9 Å². The van der Waals surface area contributed by atoms with E-state index in [9.17, 15) is 0 Å². The van der Waals surface area contributed by atoms with E-state index in [4.69, 9.17) is 30.8 Å². The molecule has 9 heteroatoms. The number of hydrogen-bond donors (Lipinski definition) is 1. The van der Waals surface area contributed by atoms with Crippen LogP contribution in [0.4, 0.5) is 5.69 Å². The predicted octanol–water partition coefficient (Wildman–Crippen LogP) is 6.00. The van der Waals surface area contributed by atoms with Gasteiger partial charge in [0.1, 0.15) is 11.5 Å². The number of ether oxygens (including phenoxy) is 3. The van der Waals surface area contributed by atoms with E-state index < -0.39 is 6.23 Å². The summed E-state index contributed by atoms with van der Waals surface area (Å²) in [6.07, 6.45) is -0.568. The van der Waals surface area contributed by atoms with Gasteiger partial charge >= 0.3 is 0 Å². The molecule has 0 saturated heterocycles. The lowest BCUT2D eigenvalue weighted by Gasteiger charge is -2.21. The van der Waals surface area contributed by atoms with Crippen LogP contribution >= 0.6 is 23.4 Å². The number of thioether (sulfide) groups is 1. The van der Waals surface area contributed by atoms with Gasteiger partial charge in [-0.1, -0.05) is 59.8 Å². The minimum Gasteiger partial charge on any atom is -0.497 e. The van der Waals surface area contributed by atoms with Crippen molar-refractivity contribution in [1.82, 2.24) is 15.2 Å². The van der Waals surface area contributed by atoms with Crippen molar-refractivity contribution in [2.75, 3.05) is 19.5 Å². The Hall–Kier alpha value is -3.49. The second kappa shape index (κ2) is 9.79. The third-order valence-corrected chi connectivity index (χ3v) is 6.63. The van der Waals surface area contributed by atoms with E-state index in [0.29, 0.717) is 39.0 Å². The van der Waals surface area contributed by atoms with Crippen molar-refractivity contribution >= 4 is 29.1 Å². The molecule has 4 aromatic rings. The first-order valence-corrected chi connectivity index (χ1v) is 11.9. The van der Waals surface area contributed by atoms with Crippen LogP contribution in [0.3, 0.4) is 0 Å². The number of aromatic nitrogens is 3. The Labute approximate surface area is 206 Å². The second-order valence-electron chi connectivity index (χ2n) is 7.42. The number of fused-ring (bicyclic) bond motifs is 3. The Morgan fingerprint density at radius 2 is 1.82 bits per heavy atom. The first kappa shape index (κ1) is 22.3. The fourth-order valence-electron chi connectivity index (χ4n) is 3.64. The summed E-state index contributed by atoms with van der Waals surface area (Å²) in [4.78, 5) is 4.70. The molecule has 0 bridgehead atoms. The van der Waals surface area contributed by atoms with Crippen molar-refractivity contribution < 1.29 is 14.2 Å². The fourth-order valence-corrected chi connectivity index (χ4v) is 4.71. The highest BCUT2D eigenvalue weighted by Crippen LogP contribution is 2.41. The topological polar surface area (TPSA) is 78.4 Å². The maximum atomic E-state index is 6.37. The van der Waals surface area contributed by atoms with E-state index in [1.165, 1.54) is 11.8 Å². The summed E-state index contributed by atoms with van der Waals surface area (Å²) in [5.41, 5.74) is 4.09. The lowest BCUT2D eigenvalue weighted by atomic mass is 10.1. The number of nitrogens with zero attached hydrogens (tertiary/aromatic N) is 3. The average molecular weight is 493 g/mol. The normalized spacial score (nSPS) is 14.1. The van der Waals surface area contributed by atoms with Gasteiger partial charge < -0.3 is 19.5 Å². The van der Waals surface area contributed by atoms with Gasteiger partial charge in [0.2, 0.25) is 17.3 Å². The zero-order chi connectivity index (χ0) is 23.5. The van der Waals surface area contributed by atoms with Gasteiger partial charge in [0.15, 0.2) is 5.69 Å². The predicted molar refractivity (Wildman–Crippen MR) is 133 cm³/mol. The minimum atomic E-state index is -0.568. The monoisotopic (exact) mass is 492 g/mol. The molecule has 3 aromatic carbocycles. The molecule has 0 unspecified atom stereocenters. The molecule has 172 valence electrons. The van der Waals surface area contributed by atoms with Crippen molar-refractivity contribution in [3.63, 3.8) is 0 Å². The highest BCUT2D eigenvalue weighted by atomic mass is 35.5.